The molecule has 106 valence electrons. The van der Waals surface area contributed by atoms with Crippen LogP contribution in [-0.2, 0) is 11.2 Å². The van der Waals surface area contributed by atoms with Gasteiger partial charge in [0.15, 0.2) is 5.54 Å². The standard InChI is InChI=1S/C13H17F3N2O/c1-9(8-10-6-4-3-5-7-10)18-11(19)12(2,17)13(14,15)16/h3-7,9H,8,17H2,1-2H3,(H,18,19). The Kier molecular flexibility index (Phi) is 4.57. The second-order valence-corrected chi connectivity index (χ2v) is 4.76. The molecular weight excluding hydrogens is 257 g/mol. The quantitative estimate of drug-likeness (QED) is 0.882. The molecule has 0 saturated carbocycles. The molecule has 1 rings (SSSR count). The molecule has 2 unspecified atom stereocenters. The van der Waals surface area contributed by atoms with Gasteiger partial charge < -0.3 is 11.1 Å². The van der Waals surface area contributed by atoms with Crippen molar-refractivity contribution in [1.29, 1.82) is 0 Å². The minimum atomic E-state index is -4.77. The largest absolute Gasteiger partial charge is 0.415 e. The van der Waals surface area contributed by atoms with Gasteiger partial charge in [-0.05, 0) is 25.8 Å². The number of nitrogens with two attached hydrogens (primary N) is 1. The third kappa shape index (κ3) is 3.96. The number of carbonyl (C=O) groups is 1. The maximum Gasteiger partial charge on any atom is 0.415 e. The van der Waals surface area contributed by atoms with E-state index in [1.165, 1.54) is 0 Å². The highest BCUT2D eigenvalue weighted by Gasteiger charge is 2.54. The van der Waals surface area contributed by atoms with Crippen molar-refractivity contribution < 1.29 is 18.0 Å². The topological polar surface area (TPSA) is 55.1 Å². The van der Waals surface area contributed by atoms with Gasteiger partial charge in [-0.15, -0.1) is 0 Å². The fraction of sp³-hybridized carbons (Fsp3) is 0.462. The first-order chi connectivity index (χ1) is 8.64. The second kappa shape index (κ2) is 5.61. The van der Waals surface area contributed by atoms with Crippen molar-refractivity contribution >= 4 is 5.91 Å². The van der Waals surface area contributed by atoms with E-state index in [-0.39, 0.29) is 0 Å². The van der Waals surface area contributed by atoms with Gasteiger partial charge in [-0.3, -0.25) is 4.79 Å². The SMILES string of the molecule is CC(Cc1ccccc1)NC(=O)C(C)(N)C(F)(F)F. The summed E-state index contributed by atoms with van der Waals surface area (Å²) in [6.07, 6.45) is -4.33. The number of hydrogen-bond acceptors (Lipinski definition) is 2. The molecule has 0 bridgehead atoms. The molecule has 0 aliphatic rings. The van der Waals surface area contributed by atoms with E-state index in [0.717, 1.165) is 5.56 Å². The summed E-state index contributed by atoms with van der Waals surface area (Å²) in [4.78, 5) is 11.6. The Labute approximate surface area is 110 Å². The average molecular weight is 274 g/mol. The lowest BCUT2D eigenvalue weighted by atomic mass is 10.0. The molecule has 1 aromatic rings. The molecule has 1 amide bonds. The molecule has 0 aliphatic carbocycles. The molecule has 0 saturated heterocycles. The van der Waals surface area contributed by atoms with Crippen LogP contribution in [0.4, 0.5) is 13.2 Å². The number of carbonyl (C=O) groups excluding carboxylic acids is 1. The lowest BCUT2D eigenvalue weighted by Gasteiger charge is -2.28. The summed E-state index contributed by atoms with van der Waals surface area (Å²) < 4.78 is 37.7. The first-order valence-corrected chi connectivity index (χ1v) is 5.85. The smallest absolute Gasteiger partial charge is 0.351 e. The van der Waals surface area contributed by atoms with Crippen molar-refractivity contribution in [2.24, 2.45) is 5.73 Å². The number of halogens is 3. The Morgan fingerprint density at radius 3 is 2.32 bits per heavy atom. The molecule has 0 spiro atoms. The summed E-state index contributed by atoms with van der Waals surface area (Å²) in [5.74, 6) is -1.22. The lowest BCUT2D eigenvalue weighted by molar-refractivity contribution is -0.187. The normalized spacial score (nSPS) is 16.5. The Balaban J connectivity index is 2.63. The van der Waals surface area contributed by atoms with E-state index in [9.17, 15) is 18.0 Å². The van der Waals surface area contributed by atoms with Crippen LogP contribution in [0.1, 0.15) is 19.4 Å². The molecule has 0 aromatic heterocycles. The number of amides is 1. The van der Waals surface area contributed by atoms with Crippen molar-refractivity contribution in [3.05, 3.63) is 35.9 Å². The van der Waals surface area contributed by atoms with Crippen LogP contribution in [0.2, 0.25) is 0 Å². The van der Waals surface area contributed by atoms with E-state index >= 15 is 0 Å². The minimum absolute atomic E-state index is 0.430. The highest BCUT2D eigenvalue weighted by atomic mass is 19.4. The molecule has 1 aromatic carbocycles. The van der Waals surface area contributed by atoms with Gasteiger partial charge in [0, 0.05) is 6.04 Å². The van der Waals surface area contributed by atoms with Crippen molar-refractivity contribution in [3.63, 3.8) is 0 Å². The third-order valence-corrected chi connectivity index (χ3v) is 2.82. The molecule has 3 N–H and O–H groups in total. The average Bonchev–Trinajstić information content (AvgIpc) is 2.28. The lowest BCUT2D eigenvalue weighted by Crippen LogP contribution is -2.62. The summed E-state index contributed by atoms with van der Waals surface area (Å²) in [5, 5.41) is 2.29. The first kappa shape index (κ1) is 15.5. The highest BCUT2D eigenvalue weighted by molar-refractivity contribution is 5.86. The molecule has 2 atom stereocenters. The zero-order valence-electron chi connectivity index (χ0n) is 10.8. The van der Waals surface area contributed by atoms with Crippen LogP contribution in [0.25, 0.3) is 0 Å². The Morgan fingerprint density at radius 2 is 1.84 bits per heavy atom. The fourth-order valence-corrected chi connectivity index (χ4v) is 1.52. The molecule has 6 heteroatoms. The van der Waals surface area contributed by atoms with Gasteiger partial charge in [-0.25, -0.2) is 0 Å². The van der Waals surface area contributed by atoms with Crippen molar-refractivity contribution in [2.45, 2.75) is 38.0 Å². The summed E-state index contributed by atoms with van der Waals surface area (Å²) in [6.45, 7) is 2.30. The van der Waals surface area contributed by atoms with Crippen molar-refractivity contribution in [2.75, 3.05) is 0 Å². The monoisotopic (exact) mass is 274 g/mol. The van der Waals surface area contributed by atoms with Crippen LogP contribution in [0, 0.1) is 0 Å². The number of rotatable bonds is 4. The molecule has 0 heterocycles. The van der Waals surface area contributed by atoms with Crippen LogP contribution in [-0.4, -0.2) is 23.7 Å². The number of nitrogens with one attached hydrogen (secondary N) is 1. The van der Waals surface area contributed by atoms with Gasteiger partial charge in [0.05, 0.1) is 0 Å². The van der Waals surface area contributed by atoms with E-state index in [1.807, 2.05) is 30.3 Å². The van der Waals surface area contributed by atoms with Gasteiger partial charge in [-0.1, -0.05) is 30.3 Å². The summed E-state index contributed by atoms with van der Waals surface area (Å²) in [5.41, 5.74) is 3.10. The van der Waals surface area contributed by atoms with Crippen LogP contribution < -0.4 is 11.1 Å². The summed E-state index contributed by atoms with van der Waals surface area (Å²) in [6, 6.07) is 8.74. The number of hydrogen-bond donors (Lipinski definition) is 2. The van der Waals surface area contributed by atoms with Crippen LogP contribution >= 0.6 is 0 Å². The molecular formula is C13H17F3N2O. The van der Waals surface area contributed by atoms with Gasteiger partial charge in [0.1, 0.15) is 0 Å². The molecule has 19 heavy (non-hydrogen) atoms. The summed E-state index contributed by atoms with van der Waals surface area (Å²) >= 11 is 0. The molecule has 3 nitrogen and oxygen atoms in total. The predicted octanol–water partition coefficient (Wildman–Crippen LogP) is 2.01. The van der Waals surface area contributed by atoms with Crippen LogP contribution in [0.5, 0.6) is 0 Å². The van der Waals surface area contributed by atoms with Crippen LogP contribution in [0.15, 0.2) is 30.3 Å². The van der Waals surface area contributed by atoms with E-state index in [0.29, 0.717) is 13.3 Å². The van der Waals surface area contributed by atoms with E-state index in [4.69, 9.17) is 5.73 Å². The highest BCUT2D eigenvalue weighted by Crippen LogP contribution is 2.28. The number of alkyl halides is 3. The molecule has 0 aliphatic heterocycles. The van der Waals surface area contributed by atoms with Gasteiger partial charge in [0.25, 0.3) is 0 Å². The minimum Gasteiger partial charge on any atom is -0.351 e. The predicted molar refractivity (Wildman–Crippen MR) is 66.4 cm³/mol. The number of benzene rings is 1. The third-order valence-electron chi connectivity index (χ3n) is 2.82. The molecule has 0 fully saturated rings. The first-order valence-electron chi connectivity index (χ1n) is 5.85. The Morgan fingerprint density at radius 1 is 1.32 bits per heavy atom. The van der Waals surface area contributed by atoms with Crippen LogP contribution in [0.3, 0.4) is 0 Å². The zero-order valence-corrected chi connectivity index (χ0v) is 10.8. The van der Waals surface area contributed by atoms with Crippen molar-refractivity contribution in [1.82, 2.24) is 5.32 Å². The maximum absolute atomic E-state index is 12.6. The van der Waals surface area contributed by atoms with Gasteiger partial charge >= 0.3 is 6.18 Å². The van der Waals surface area contributed by atoms with Gasteiger partial charge in [0.2, 0.25) is 5.91 Å². The fourth-order valence-electron chi connectivity index (χ4n) is 1.52. The van der Waals surface area contributed by atoms with Gasteiger partial charge in [-0.2, -0.15) is 13.2 Å². The summed E-state index contributed by atoms with van der Waals surface area (Å²) in [7, 11) is 0. The van der Waals surface area contributed by atoms with E-state index < -0.39 is 23.7 Å². The maximum atomic E-state index is 12.6. The zero-order chi connectivity index (χ0) is 14.7. The Hall–Kier alpha value is -1.56. The molecule has 0 radical (unpaired) electrons. The van der Waals surface area contributed by atoms with Crippen molar-refractivity contribution in [3.8, 4) is 0 Å². The Bertz CT molecular complexity index is 429. The van der Waals surface area contributed by atoms with E-state index in [2.05, 4.69) is 5.32 Å². The second-order valence-electron chi connectivity index (χ2n) is 4.76. The van der Waals surface area contributed by atoms with E-state index in [1.54, 1.807) is 6.92 Å².